The van der Waals surface area contributed by atoms with Gasteiger partial charge in [0.1, 0.15) is 23.5 Å². The van der Waals surface area contributed by atoms with Crippen LogP contribution in [-0.2, 0) is 4.79 Å². The third-order valence-corrected chi connectivity index (χ3v) is 4.02. The number of ether oxygens (including phenoxy) is 1. The number of esters is 1. The summed E-state index contributed by atoms with van der Waals surface area (Å²) in [6, 6.07) is 0. The van der Waals surface area contributed by atoms with Gasteiger partial charge in [-0.25, -0.2) is 4.39 Å². The SMILES string of the molecule is CC.[B]c1c([B])c(C(C)CC)c([B])c(F)c1OC(=O)CC1CC1. The van der Waals surface area contributed by atoms with Crippen molar-refractivity contribution in [3.63, 3.8) is 0 Å². The van der Waals surface area contributed by atoms with Crippen LogP contribution in [-0.4, -0.2) is 29.5 Å². The Kier molecular flexibility index (Phi) is 7.43. The summed E-state index contributed by atoms with van der Waals surface area (Å²) in [6.45, 7) is 7.83. The Morgan fingerprint density at radius 3 is 2.26 bits per heavy atom. The Balaban J connectivity index is 0.00000127. The molecule has 0 bridgehead atoms. The van der Waals surface area contributed by atoms with Crippen molar-refractivity contribution in [2.45, 2.75) is 59.3 Å². The molecule has 6 radical (unpaired) electrons. The van der Waals surface area contributed by atoms with Crippen LogP contribution in [0.4, 0.5) is 4.39 Å². The van der Waals surface area contributed by atoms with Crippen LogP contribution in [0.3, 0.4) is 0 Å². The van der Waals surface area contributed by atoms with Gasteiger partial charge in [0.25, 0.3) is 0 Å². The predicted octanol–water partition coefficient (Wildman–Crippen LogP) is 1.45. The van der Waals surface area contributed by atoms with Gasteiger partial charge in [0.05, 0.1) is 0 Å². The van der Waals surface area contributed by atoms with Crippen molar-refractivity contribution in [3.05, 3.63) is 11.4 Å². The molecule has 1 saturated carbocycles. The Labute approximate surface area is 142 Å². The zero-order valence-corrected chi connectivity index (χ0v) is 14.4. The van der Waals surface area contributed by atoms with E-state index in [0.29, 0.717) is 11.5 Å². The number of carbonyl (C=O) groups excluding carboxylic acids is 1. The van der Waals surface area contributed by atoms with E-state index in [-0.39, 0.29) is 34.5 Å². The number of halogens is 1. The van der Waals surface area contributed by atoms with Crippen LogP contribution in [0.1, 0.15) is 64.9 Å². The highest BCUT2D eigenvalue weighted by Gasteiger charge is 2.27. The maximum Gasteiger partial charge on any atom is 0.311 e. The van der Waals surface area contributed by atoms with Crippen LogP contribution in [0.15, 0.2) is 0 Å². The van der Waals surface area contributed by atoms with Gasteiger partial charge in [-0.3, -0.25) is 4.79 Å². The summed E-state index contributed by atoms with van der Waals surface area (Å²) in [4.78, 5) is 11.7. The summed E-state index contributed by atoms with van der Waals surface area (Å²) < 4.78 is 19.4. The van der Waals surface area contributed by atoms with Gasteiger partial charge >= 0.3 is 5.97 Å². The van der Waals surface area contributed by atoms with Crippen molar-refractivity contribution < 1.29 is 13.9 Å². The molecule has 0 aromatic heterocycles. The van der Waals surface area contributed by atoms with Crippen molar-refractivity contribution >= 4 is 45.9 Å². The fourth-order valence-electron chi connectivity index (χ4n) is 2.32. The highest BCUT2D eigenvalue weighted by atomic mass is 19.1. The first-order valence-corrected chi connectivity index (χ1v) is 8.23. The zero-order valence-electron chi connectivity index (χ0n) is 14.4. The lowest BCUT2D eigenvalue weighted by molar-refractivity contribution is -0.134. The molecule has 0 N–H and O–H groups in total. The van der Waals surface area contributed by atoms with E-state index in [1.807, 2.05) is 27.7 Å². The van der Waals surface area contributed by atoms with Crippen LogP contribution in [0, 0.1) is 11.7 Å². The Morgan fingerprint density at radius 1 is 1.22 bits per heavy atom. The molecule has 1 aliphatic carbocycles. The Morgan fingerprint density at radius 2 is 1.78 bits per heavy atom. The van der Waals surface area contributed by atoms with Crippen molar-refractivity contribution in [1.29, 1.82) is 0 Å². The number of carbonyl (C=O) groups is 1. The lowest BCUT2D eigenvalue weighted by atomic mass is 9.69. The molecule has 1 aromatic rings. The third kappa shape index (κ3) is 4.65. The summed E-state index contributed by atoms with van der Waals surface area (Å²) in [5, 5.41) is 0. The monoisotopic (exact) mass is 310 g/mol. The fourth-order valence-corrected chi connectivity index (χ4v) is 2.32. The Hall–Kier alpha value is -1.19. The van der Waals surface area contributed by atoms with E-state index in [0.717, 1.165) is 19.3 Å². The second-order valence-electron chi connectivity index (χ2n) is 5.73. The average Bonchev–Trinajstić information content (AvgIpc) is 3.35. The predicted molar refractivity (Wildman–Crippen MR) is 95.6 cm³/mol. The summed E-state index contributed by atoms with van der Waals surface area (Å²) >= 11 is 0. The molecule has 0 amide bonds. The molecule has 23 heavy (non-hydrogen) atoms. The van der Waals surface area contributed by atoms with Gasteiger partial charge in [0, 0.05) is 6.42 Å². The maximum atomic E-state index is 14.4. The highest BCUT2D eigenvalue weighted by Crippen LogP contribution is 2.32. The maximum absolute atomic E-state index is 14.4. The fraction of sp³-hybridized carbons (Fsp3) is 0.588. The normalized spacial score (nSPS) is 14.7. The first-order valence-electron chi connectivity index (χ1n) is 8.23. The molecule has 0 aliphatic heterocycles. The summed E-state index contributed by atoms with van der Waals surface area (Å²) in [5.41, 5.74) is 0.526. The number of hydrogen-bond donors (Lipinski definition) is 0. The standard InChI is InChI=1S/C15H16B3FO2.C2H6/c1-3-7(2)10-11(16)13(18)15(14(19)12(10)17)21-9(20)6-8-4-5-8;1-2/h7-8H,3-6H2,1-2H3;1-2H3. The molecule has 0 spiro atoms. The number of rotatable bonds is 5. The van der Waals surface area contributed by atoms with Crippen LogP contribution >= 0.6 is 0 Å². The van der Waals surface area contributed by atoms with Crippen LogP contribution in [0.5, 0.6) is 5.75 Å². The number of hydrogen-bond acceptors (Lipinski definition) is 2. The topological polar surface area (TPSA) is 26.3 Å². The van der Waals surface area contributed by atoms with Gasteiger partial charge in [0.2, 0.25) is 0 Å². The number of benzene rings is 1. The molecule has 1 aliphatic rings. The van der Waals surface area contributed by atoms with E-state index >= 15 is 0 Å². The second-order valence-corrected chi connectivity index (χ2v) is 5.73. The van der Waals surface area contributed by atoms with Gasteiger partial charge in [-0.15, -0.1) is 0 Å². The zero-order chi connectivity index (χ0) is 17.7. The second kappa shape index (κ2) is 8.61. The summed E-state index contributed by atoms with van der Waals surface area (Å²) in [6.07, 6.45) is 3.02. The molecule has 0 saturated heterocycles. The Bertz CT molecular complexity index is 542. The first-order chi connectivity index (χ1) is 10.9. The molecular formula is C17H22B3FO2. The molecular weight excluding hydrogens is 288 g/mol. The van der Waals surface area contributed by atoms with Crippen LogP contribution in [0.2, 0.25) is 0 Å². The minimum absolute atomic E-state index is 0.0296. The van der Waals surface area contributed by atoms with Crippen LogP contribution < -0.4 is 21.1 Å². The third-order valence-electron chi connectivity index (χ3n) is 4.02. The summed E-state index contributed by atoms with van der Waals surface area (Å²) in [7, 11) is 17.6. The van der Waals surface area contributed by atoms with E-state index in [2.05, 4.69) is 0 Å². The van der Waals surface area contributed by atoms with Gasteiger partial charge in [-0.2, -0.15) is 0 Å². The molecule has 1 unspecified atom stereocenters. The van der Waals surface area contributed by atoms with E-state index in [4.69, 9.17) is 28.3 Å². The van der Waals surface area contributed by atoms with E-state index in [9.17, 15) is 9.18 Å². The van der Waals surface area contributed by atoms with E-state index in [1.54, 1.807) is 0 Å². The van der Waals surface area contributed by atoms with Crippen molar-refractivity contribution in [2.24, 2.45) is 5.92 Å². The largest absolute Gasteiger partial charge is 0.424 e. The minimum atomic E-state index is -0.804. The van der Waals surface area contributed by atoms with E-state index < -0.39 is 11.8 Å². The molecule has 2 nitrogen and oxygen atoms in total. The van der Waals surface area contributed by atoms with Crippen molar-refractivity contribution in [3.8, 4) is 5.75 Å². The van der Waals surface area contributed by atoms with Crippen molar-refractivity contribution in [2.75, 3.05) is 0 Å². The smallest absolute Gasteiger partial charge is 0.311 e. The van der Waals surface area contributed by atoms with Crippen molar-refractivity contribution in [1.82, 2.24) is 0 Å². The molecule has 1 atom stereocenters. The lowest BCUT2D eigenvalue weighted by Gasteiger charge is -2.22. The summed E-state index contributed by atoms with van der Waals surface area (Å²) in [5.74, 6) is -1.34. The first kappa shape index (κ1) is 19.9. The molecule has 1 fully saturated rings. The van der Waals surface area contributed by atoms with E-state index in [1.165, 1.54) is 0 Å². The molecule has 0 heterocycles. The van der Waals surface area contributed by atoms with Gasteiger partial charge in [0.15, 0.2) is 11.6 Å². The molecule has 6 heteroatoms. The van der Waals surface area contributed by atoms with Crippen LogP contribution in [0.25, 0.3) is 0 Å². The van der Waals surface area contributed by atoms with Gasteiger partial charge < -0.3 is 4.74 Å². The molecule has 2 rings (SSSR count). The van der Waals surface area contributed by atoms with Gasteiger partial charge in [-0.05, 0) is 31.1 Å². The molecule has 118 valence electrons. The average molecular weight is 310 g/mol. The highest BCUT2D eigenvalue weighted by molar-refractivity contribution is 6.52. The lowest BCUT2D eigenvalue weighted by Crippen LogP contribution is -2.40. The quantitative estimate of drug-likeness (QED) is 0.467. The molecule has 1 aromatic carbocycles. The minimum Gasteiger partial charge on any atom is -0.424 e. The van der Waals surface area contributed by atoms with Gasteiger partial charge in [-0.1, -0.05) is 49.6 Å².